The molecule has 0 N–H and O–H groups in total. The maximum atomic E-state index is 12.7. The van der Waals surface area contributed by atoms with Crippen LogP contribution in [0.3, 0.4) is 0 Å². The Balaban J connectivity index is 1.41. The summed E-state index contributed by atoms with van der Waals surface area (Å²) in [5, 5.41) is 0. The minimum atomic E-state index is 0.105. The number of rotatable bonds is 3. The molecule has 6 heteroatoms. The van der Waals surface area contributed by atoms with Gasteiger partial charge in [-0.1, -0.05) is 6.42 Å². The van der Waals surface area contributed by atoms with Crippen molar-refractivity contribution in [2.24, 2.45) is 0 Å². The van der Waals surface area contributed by atoms with Crippen LogP contribution in [-0.2, 0) is 17.8 Å². The first-order valence-corrected chi connectivity index (χ1v) is 10.7. The summed E-state index contributed by atoms with van der Waals surface area (Å²) in [5.41, 5.74) is 1.04. The van der Waals surface area contributed by atoms with E-state index in [4.69, 9.17) is 4.98 Å². The summed E-state index contributed by atoms with van der Waals surface area (Å²) in [6, 6.07) is 2.12. The van der Waals surface area contributed by atoms with E-state index in [0.717, 1.165) is 76.2 Å². The number of hydrogen-bond acceptors (Lipinski definition) is 4. The van der Waals surface area contributed by atoms with Gasteiger partial charge >= 0.3 is 0 Å². The Morgan fingerprint density at radius 3 is 2.81 bits per heavy atom. The van der Waals surface area contributed by atoms with Crippen LogP contribution in [0, 0.1) is 0 Å². The van der Waals surface area contributed by atoms with E-state index in [1.54, 1.807) is 6.07 Å². The second kappa shape index (κ2) is 8.13. The minimum absolute atomic E-state index is 0.105. The third-order valence-electron chi connectivity index (χ3n) is 6.56. The average Bonchev–Trinajstić information content (AvgIpc) is 2.98. The highest BCUT2D eigenvalue weighted by molar-refractivity contribution is 5.78. The summed E-state index contributed by atoms with van der Waals surface area (Å²) in [7, 11) is 0. The van der Waals surface area contributed by atoms with Gasteiger partial charge < -0.3 is 4.90 Å². The SMILES string of the molecule is C[C@@H]1CCCCN1C(=O)CN1CC[C@@H](c2cc(=O)n3c(n2)CCCCC3)C1. The van der Waals surface area contributed by atoms with Crippen molar-refractivity contribution in [3.63, 3.8) is 0 Å². The van der Waals surface area contributed by atoms with Gasteiger partial charge in [0.1, 0.15) is 5.82 Å². The number of piperidine rings is 1. The van der Waals surface area contributed by atoms with E-state index in [2.05, 4.69) is 16.7 Å². The summed E-state index contributed by atoms with van der Waals surface area (Å²) >= 11 is 0. The van der Waals surface area contributed by atoms with E-state index in [1.807, 2.05) is 4.57 Å². The molecule has 0 aromatic carbocycles. The largest absolute Gasteiger partial charge is 0.339 e. The number of aromatic nitrogens is 2. The zero-order valence-corrected chi connectivity index (χ0v) is 16.5. The molecule has 148 valence electrons. The molecule has 0 aliphatic carbocycles. The first-order chi connectivity index (χ1) is 13.1. The van der Waals surface area contributed by atoms with Crippen LogP contribution in [0.15, 0.2) is 10.9 Å². The maximum absolute atomic E-state index is 12.7. The van der Waals surface area contributed by atoms with E-state index in [0.29, 0.717) is 12.6 Å². The van der Waals surface area contributed by atoms with Gasteiger partial charge in [-0.05, 0) is 52.0 Å². The van der Waals surface area contributed by atoms with E-state index >= 15 is 0 Å². The number of fused-ring (bicyclic) bond motifs is 1. The van der Waals surface area contributed by atoms with Crippen LogP contribution in [0.5, 0.6) is 0 Å². The van der Waals surface area contributed by atoms with Gasteiger partial charge in [-0.15, -0.1) is 0 Å². The number of hydrogen-bond donors (Lipinski definition) is 0. The molecule has 3 aliphatic heterocycles. The molecular weight excluding hydrogens is 340 g/mol. The Bertz CT molecular complexity index is 744. The van der Waals surface area contributed by atoms with Crippen LogP contribution < -0.4 is 5.56 Å². The van der Waals surface area contributed by atoms with Crippen LogP contribution in [0.4, 0.5) is 0 Å². The van der Waals surface area contributed by atoms with Crippen LogP contribution in [-0.4, -0.2) is 57.5 Å². The second-order valence-electron chi connectivity index (χ2n) is 8.55. The lowest BCUT2D eigenvalue weighted by molar-refractivity contribution is -0.135. The van der Waals surface area contributed by atoms with Gasteiger partial charge in [-0.2, -0.15) is 0 Å². The number of carbonyl (C=O) groups excluding carboxylic acids is 1. The molecular formula is C21H32N4O2. The topological polar surface area (TPSA) is 58.4 Å². The lowest BCUT2D eigenvalue weighted by Crippen LogP contribution is -2.46. The second-order valence-corrected chi connectivity index (χ2v) is 8.55. The number of carbonyl (C=O) groups is 1. The van der Waals surface area contributed by atoms with E-state index in [-0.39, 0.29) is 17.4 Å². The van der Waals surface area contributed by atoms with Gasteiger partial charge in [0.2, 0.25) is 5.91 Å². The fraction of sp³-hybridized carbons (Fsp3) is 0.762. The molecule has 2 saturated heterocycles. The highest BCUT2D eigenvalue weighted by atomic mass is 16.2. The summed E-state index contributed by atoms with van der Waals surface area (Å²) in [6.45, 7) is 6.13. The molecule has 27 heavy (non-hydrogen) atoms. The molecule has 1 amide bonds. The summed E-state index contributed by atoms with van der Waals surface area (Å²) < 4.78 is 1.87. The molecule has 2 atom stereocenters. The van der Waals surface area contributed by atoms with Crippen LogP contribution in [0.1, 0.15) is 69.3 Å². The van der Waals surface area contributed by atoms with Gasteiger partial charge in [0.15, 0.2) is 0 Å². The fourth-order valence-corrected chi connectivity index (χ4v) is 4.91. The molecule has 0 saturated carbocycles. The highest BCUT2D eigenvalue weighted by Crippen LogP contribution is 2.26. The molecule has 0 radical (unpaired) electrons. The van der Waals surface area contributed by atoms with Crippen molar-refractivity contribution >= 4 is 5.91 Å². The van der Waals surface area contributed by atoms with Crippen LogP contribution in [0.25, 0.3) is 0 Å². The van der Waals surface area contributed by atoms with Crippen LogP contribution >= 0.6 is 0 Å². The van der Waals surface area contributed by atoms with Gasteiger partial charge in [-0.25, -0.2) is 4.98 Å². The highest BCUT2D eigenvalue weighted by Gasteiger charge is 2.30. The Morgan fingerprint density at radius 1 is 1.11 bits per heavy atom. The molecule has 0 bridgehead atoms. The van der Waals surface area contributed by atoms with Gasteiger partial charge in [-0.3, -0.25) is 19.1 Å². The molecule has 0 unspecified atom stereocenters. The van der Waals surface area contributed by atoms with Crippen molar-refractivity contribution in [1.29, 1.82) is 0 Å². The fourth-order valence-electron chi connectivity index (χ4n) is 4.91. The number of likely N-dealkylation sites (tertiary alicyclic amines) is 2. The van der Waals surface area contributed by atoms with Crippen molar-refractivity contribution in [3.05, 3.63) is 27.9 Å². The predicted octanol–water partition coefficient (Wildman–Crippen LogP) is 2.16. The third kappa shape index (κ3) is 4.10. The molecule has 4 rings (SSSR count). The summed E-state index contributed by atoms with van der Waals surface area (Å²) in [4.78, 5) is 34.4. The normalized spacial score (nSPS) is 26.6. The summed E-state index contributed by atoms with van der Waals surface area (Å²) in [6.07, 6.45) is 8.74. The molecule has 2 fully saturated rings. The third-order valence-corrected chi connectivity index (χ3v) is 6.56. The van der Waals surface area contributed by atoms with Gasteiger partial charge in [0.05, 0.1) is 12.2 Å². The Labute approximate surface area is 161 Å². The molecule has 4 heterocycles. The van der Waals surface area contributed by atoms with Crippen molar-refractivity contribution in [2.75, 3.05) is 26.2 Å². The van der Waals surface area contributed by atoms with E-state index in [1.165, 1.54) is 12.8 Å². The number of nitrogens with zero attached hydrogens (tertiary/aromatic N) is 4. The van der Waals surface area contributed by atoms with Crippen molar-refractivity contribution in [2.45, 2.75) is 76.8 Å². The molecule has 6 nitrogen and oxygen atoms in total. The number of amides is 1. The van der Waals surface area contributed by atoms with Gasteiger partial charge in [0, 0.05) is 44.1 Å². The molecule has 3 aliphatic rings. The maximum Gasteiger partial charge on any atom is 0.253 e. The first kappa shape index (κ1) is 18.7. The smallest absolute Gasteiger partial charge is 0.253 e. The zero-order valence-electron chi connectivity index (χ0n) is 16.5. The monoisotopic (exact) mass is 372 g/mol. The van der Waals surface area contributed by atoms with Crippen molar-refractivity contribution in [1.82, 2.24) is 19.4 Å². The minimum Gasteiger partial charge on any atom is -0.339 e. The zero-order chi connectivity index (χ0) is 18.8. The van der Waals surface area contributed by atoms with Crippen LogP contribution in [0.2, 0.25) is 0 Å². The van der Waals surface area contributed by atoms with Crippen molar-refractivity contribution in [3.8, 4) is 0 Å². The Morgan fingerprint density at radius 2 is 1.96 bits per heavy atom. The lowest BCUT2D eigenvalue weighted by Gasteiger charge is -2.34. The average molecular weight is 373 g/mol. The molecule has 1 aromatic heterocycles. The number of aryl methyl sites for hydroxylation is 1. The van der Waals surface area contributed by atoms with Crippen molar-refractivity contribution < 1.29 is 4.79 Å². The Hall–Kier alpha value is -1.69. The predicted molar refractivity (Wildman–Crippen MR) is 105 cm³/mol. The first-order valence-electron chi connectivity index (χ1n) is 10.7. The van der Waals surface area contributed by atoms with E-state index < -0.39 is 0 Å². The van der Waals surface area contributed by atoms with Gasteiger partial charge in [0.25, 0.3) is 5.56 Å². The standard InChI is InChI=1S/C21H32N4O2/c1-16-7-4-6-10-24(16)21(27)15-23-12-9-17(14-23)18-13-20(26)25-11-5-2-3-8-19(25)22-18/h13,16-17H,2-12,14-15H2,1H3/t16-,17-/m1/s1. The van der Waals surface area contributed by atoms with E-state index in [9.17, 15) is 9.59 Å². The molecule has 1 aromatic rings. The summed E-state index contributed by atoms with van der Waals surface area (Å²) in [5.74, 6) is 1.50. The quantitative estimate of drug-likeness (QED) is 0.816. The lowest BCUT2D eigenvalue weighted by atomic mass is 10.0. The Kier molecular flexibility index (Phi) is 5.62. The molecule has 0 spiro atoms.